The Morgan fingerprint density at radius 2 is 1.58 bits per heavy atom. The molecular weight excluding hydrogens is 148 g/mol. The number of rotatable bonds is 6. The fourth-order valence-electron chi connectivity index (χ4n) is 1.01. The van der Waals surface area contributed by atoms with E-state index in [2.05, 4.69) is 6.92 Å². The summed E-state index contributed by atoms with van der Waals surface area (Å²) in [7, 11) is 0. The van der Waals surface area contributed by atoms with Crippen LogP contribution in [-0.4, -0.2) is 11.2 Å². The van der Waals surface area contributed by atoms with Crippen LogP contribution in [0.1, 0.15) is 67.2 Å². The molecule has 0 rings (SSSR count). The summed E-state index contributed by atoms with van der Waals surface area (Å²) in [5.74, 6) is 0. The molecule has 0 aromatic heterocycles. The molecule has 0 amide bonds. The lowest BCUT2D eigenvalue weighted by Gasteiger charge is -2.05. The van der Waals surface area contributed by atoms with Gasteiger partial charge in [0.1, 0.15) is 0 Å². The van der Waals surface area contributed by atoms with Gasteiger partial charge in [-0.25, -0.2) is 0 Å². The minimum atomic E-state index is -0.0446. The maximum Gasteiger partial charge on any atom is 0.0537 e. The second-order valence-corrected chi connectivity index (χ2v) is 2.91. The summed E-state index contributed by atoms with van der Waals surface area (Å²) < 4.78 is 0. The van der Waals surface area contributed by atoms with E-state index in [0.29, 0.717) is 0 Å². The van der Waals surface area contributed by atoms with Crippen molar-refractivity contribution in [2.24, 2.45) is 0 Å². The molecule has 0 heterocycles. The van der Waals surface area contributed by atoms with E-state index in [1.54, 1.807) is 0 Å². The van der Waals surface area contributed by atoms with Gasteiger partial charge >= 0.3 is 0 Å². The number of hydrogen-bond donors (Lipinski definition) is 1. The van der Waals surface area contributed by atoms with E-state index in [1.165, 1.54) is 25.7 Å². The van der Waals surface area contributed by atoms with Gasteiger partial charge in [-0.3, -0.25) is 0 Å². The van der Waals surface area contributed by atoms with Crippen LogP contribution in [0.15, 0.2) is 0 Å². The lowest BCUT2D eigenvalue weighted by atomic mass is 10.1. The van der Waals surface area contributed by atoms with Crippen molar-refractivity contribution in [3.05, 3.63) is 0 Å². The Morgan fingerprint density at radius 1 is 1.00 bits per heavy atom. The van der Waals surface area contributed by atoms with Crippen LogP contribution < -0.4 is 0 Å². The van der Waals surface area contributed by atoms with E-state index >= 15 is 0 Å². The maximum absolute atomic E-state index is 9.16. The molecule has 0 aliphatic heterocycles. The molecule has 1 atom stereocenters. The first-order valence-electron chi connectivity index (χ1n) is 4.49. The highest BCUT2D eigenvalue weighted by atomic mass is 16.3. The van der Waals surface area contributed by atoms with Crippen LogP contribution in [0.3, 0.4) is 0 Å². The zero-order chi connectivity index (χ0) is 7.82. The van der Waals surface area contributed by atoms with Gasteiger partial charge in [-0.1, -0.05) is 54.4 Å². The predicted octanol–water partition coefficient (Wildman–Crippen LogP) is 4.00. The third-order valence-corrected chi connectivity index (χ3v) is 1.86. The van der Waals surface area contributed by atoms with Gasteiger partial charge in [0.2, 0.25) is 0 Å². The van der Waals surface area contributed by atoms with Gasteiger partial charge in [0.15, 0.2) is 0 Å². The van der Waals surface area contributed by atoms with E-state index in [-0.39, 0.29) is 21.0 Å². The van der Waals surface area contributed by atoms with Crippen LogP contribution in [0.5, 0.6) is 0 Å². The molecule has 78 valence electrons. The largest absolute Gasteiger partial charge is 0.393 e. The number of aliphatic hydroxyl groups is 1. The summed E-state index contributed by atoms with van der Waals surface area (Å²) in [5, 5.41) is 9.16. The van der Waals surface area contributed by atoms with E-state index in [1.807, 2.05) is 6.92 Å². The Balaban J connectivity index is -0.000000405. The molecule has 0 saturated heterocycles. The van der Waals surface area contributed by atoms with Gasteiger partial charge < -0.3 is 5.11 Å². The summed E-state index contributed by atoms with van der Waals surface area (Å²) in [6.45, 7) is 4.24. The van der Waals surface area contributed by atoms with Crippen LogP contribution >= 0.6 is 0 Å². The first-order valence-corrected chi connectivity index (χ1v) is 4.49. The highest BCUT2D eigenvalue weighted by molar-refractivity contribution is 4.51. The van der Waals surface area contributed by atoms with Gasteiger partial charge in [-0.2, -0.15) is 0 Å². The average Bonchev–Trinajstić information content (AvgIpc) is 1.98. The standard InChI is InChI=1S/C9H20O.2CH4/c1-3-5-6-7-8-9(10)4-2;;/h9-10H,3-8H2,1-2H3;2*1H4. The van der Waals surface area contributed by atoms with Crippen LogP contribution in [0.2, 0.25) is 0 Å². The molecule has 0 saturated carbocycles. The summed E-state index contributed by atoms with van der Waals surface area (Å²) >= 11 is 0. The van der Waals surface area contributed by atoms with Crippen molar-refractivity contribution in [1.82, 2.24) is 0 Å². The van der Waals surface area contributed by atoms with Crippen LogP contribution in [-0.2, 0) is 0 Å². The van der Waals surface area contributed by atoms with Crippen molar-refractivity contribution in [2.75, 3.05) is 0 Å². The molecule has 12 heavy (non-hydrogen) atoms. The molecule has 0 fully saturated rings. The summed E-state index contributed by atoms with van der Waals surface area (Å²) in [4.78, 5) is 0. The topological polar surface area (TPSA) is 20.2 Å². The van der Waals surface area contributed by atoms with Gasteiger partial charge in [0.05, 0.1) is 6.10 Å². The van der Waals surface area contributed by atoms with E-state index < -0.39 is 0 Å². The minimum absolute atomic E-state index is 0. The third kappa shape index (κ3) is 12.6. The van der Waals surface area contributed by atoms with E-state index in [9.17, 15) is 0 Å². The molecule has 0 radical (unpaired) electrons. The summed E-state index contributed by atoms with van der Waals surface area (Å²) in [6, 6.07) is 0. The zero-order valence-corrected chi connectivity index (χ0v) is 7.27. The lowest BCUT2D eigenvalue weighted by Crippen LogP contribution is -2.03. The highest BCUT2D eigenvalue weighted by Gasteiger charge is 1.98. The van der Waals surface area contributed by atoms with Crippen LogP contribution in [0, 0.1) is 0 Å². The van der Waals surface area contributed by atoms with E-state index in [0.717, 1.165) is 12.8 Å². The number of aliphatic hydroxyl groups excluding tert-OH is 1. The summed E-state index contributed by atoms with van der Waals surface area (Å²) in [6.07, 6.45) is 6.94. The van der Waals surface area contributed by atoms with Crippen LogP contribution in [0.25, 0.3) is 0 Å². The van der Waals surface area contributed by atoms with Gasteiger partial charge in [0, 0.05) is 0 Å². The highest BCUT2D eigenvalue weighted by Crippen LogP contribution is 2.06. The second-order valence-electron chi connectivity index (χ2n) is 2.91. The number of hydrogen-bond acceptors (Lipinski definition) is 1. The molecule has 0 spiro atoms. The normalized spacial score (nSPS) is 11.2. The Kier molecular flexibility index (Phi) is 20.2. The maximum atomic E-state index is 9.16. The van der Waals surface area contributed by atoms with Crippen LogP contribution in [0.4, 0.5) is 0 Å². The Hall–Kier alpha value is -0.0400. The Labute approximate surface area is 79.2 Å². The minimum Gasteiger partial charge on any atom is -0.393 e. The predicted molar refractivity (Wildman–Crippen MR) is 58.5 cm³/mol. The monoisotopic (exact) mass is 176 g/mol. The fourth-order valence-corrected chi connectivity index (χ4v) is 1.01. The molecule has 1 N–H and O–H groups in total. The van der Waals surface area contributed by atoms with Crippen molar-refractivity contribution in [1.29, 1.82) is 0 Å². The molecule has 1 heteroatoms. The molecule has 1 unspecified atom stereocenters. The molecule has 0 aliphatic carbocycles. The number of unbranched alkanes of at least 4 members (excludes halogenated alkanes) is 3. The van der Waals surface area contributed by atoms with Crippen molar-refractivity contribution in [3.8, 4) is 0 Å². The zero-order valence-electron chi connectivity index (χ0n) is 7.27. The van der Waals surface area contributed by atoms with E-state index in [4.69, 9.17) is 5.11 Å². The quantitative estimate of drug-likeness (QED) is 0.606. The molecule has 0 aromatic carbocycles. The molecule has 0 aromatic rings. The second kappa shape index (κ2) is 13.5. The Bertz CT molecular complexity index is 62.0. The van der Waals surface area contributed by atoms with Crippen molar-refractivity contribution in [3.63, 3.8) is 0 Å². The SMILES string of the molecule is C.C.CCCCCCC(O)CC. The fraction of sp³-hybridized carbons (Fsp3) is 1.00. The molecule has 1 nitrogen and oxygen atoms in total. The third-order valence-electron chi connectivity index (χ3n) is 1.86. The van der Waals surface area contributed by atoms with Gasteiger partial charge in [0.25, 0.3) is 0 Å². The molecular formula is C11H28O. The van der Waals surface area contributed by atoms with Gasteiger partial charge in [-0.15, -0.1) is 0 Å². The molecule has 0 aliphatic rings. The van der Waals surface area contributed by atoms with Gasteiger partial charge in [-0.05, 0) is 12.8 Å². The van der Waals surface area contributed by atoms with Crippen molar-refractivity contribution in [2.45, 2.75) is 73.3 Å². The molecule has 0 bridgehead atoms. The Morgan fingerprint density at radius 3 is 2.00 bits per heavy atom. The van der Waals surface area contributed by atoms with Crippen molar-refractivity contribution >= 4 is 0 Å². The lowest BCUT2D eigenvalue weighted by molar-refractivity contribution is 0.156. The average molecular weight is 176 g/mol. The first-order chi connectivity index (χ1) is 4.81. The van der Waals surface area contributed by atoms with Crippen molar-refractivity contribution < 1.29 is 5.11 Å². The summed E-state index contributed by atoms with van der Waals surface area (Å²) in [5.41, 5.74) is 0. The first kappa shape index (κ1) is 17.9. The smallest absolute Gasteiger partial charge is 0.0537 e.